The molecule has 2 amide bonds. The number of nitrogens with one attached hydrogen (secondary N) is 1. The number of aromatic nitrogens is 1. The lowest BCUT2D eigenvalue weighted by Gasteiger charge is -2.34. The van der Waals surface area contributed by atoms with Crippen LogP contribution in [0.5, 0.6) is 0 Å². The molecule has 120 valence electrons. The number of anilines is 2. The van der Waals surface area contributed by atoms with Crippen LogP contribution in [0.1, 0.15) is 40.6 Å². The molecule has 0 spiro atoms. The second-order valence-corrected chi connectivity index (χ2v) is 6.71. The van der Waals surface area contributed by atoms with Gasteiger partial charge in [-0.3, -0.25) is 14.5 Å². The highest BCUT2D eigenvalue weighted by atomic mass is 32.1. The molecule has 1 aliphatic heterocycles. The highest BCUT2D eigenvalue weighted by Gasteiger charge is 2.35. The summed E-state index contributed by atoms with van der Waals surface area (Å²) in [6.45, 7) is 5.68. The lowest BCUT2D eigenvalue weighted by molar-refractivity contribution is -0.117. The Labute approximate surface area is 139 Å². The summed E-state index contributed by atoms with van der Waals surface area (Å²) >= 11 is 1.43. The van der Waals surface area contributed by atoms with Gasteiger partial charge < -0.3 is 5.32 Å². The van der Waals surface area contributed by atoms with E-state index in [1.807, 2.05) is 25.1 Å². The first-order valence-corrected chi connectivity index (χ1v) is 8.54. The Morgan fingerprint density at radius 3 is 2.87 bits per heavy atom. The molecule has 1 aromatic heterocycles. The van der Waals surface area contributed by atoms with Gasteiger partial charge in [-0.05, 0) is 38.8 Å². The van der Waals surface area contributed by atoms with Crippen molar-refractivity contribution in [1.82, 2.24) is 4.98 Å². The molecule has 0 saturated heterocycles. The van der Waals surface area contributed by atoms with E-state index >= 15 is 0 Å². The van der Waals surface area contributed by atoms with Crippen LogP contribution in [0, 0.1) is 6.92 Å². The zero-order valence-corrected chi connectivity index (χ0v) is 14.2. The van der Waals surface area contributed by atoms with Gasteiger partial charge in [-0.15, -0.1) is 11.3 Å². The van der Waals surface area contributed by atoms with E-state index in [4.69, 9.17) is 0 Å². The molecule has 1 aliphatic rings. The molecule has 5 nitrogen and oxygen atoms in total. The number of carbonyl (C=O) groups excluding carboxylic acids is 2. The predicted molar refractivity (Wildman–Crippen MR) is 92.2 cm³/mol. The van der Waals surface area contributed by atoms with Gasteiger partial charge in [-0.25, -0.2) is 4.98 Å². The summed E-state index contributed by atoms with van der Waals surface area (Å²) in [5, 5.41) is 3.81. The third-order valence-electron chi connectivity index (χ3n) is 3.91. The Bertz CT molecular complexity index is 769. The number of para-hydroxylation sites is 2. The van der Waals surface area contributed by atoms with Crippen molar-refractivity contribution in [2.45, 2.75) is 39.7 Å². The van der Waals surface area contributed by atoms with Gasteiger partial charge in [-0.2, -0.15) is 0 Å². The Morgan fingerprint density at radius 2 is 2.13 bits per heavy atom. The minimum absolute atomic E-state index is 0.155. The fourth-order valence-corrected chi connectivity index (χ4v) is 3.82. The van der Waals surface area contributed by atoms with Gasteiger partial charge in [0.25, 0.3) is 5.91 Å². The normalized spacial score (nSPS) is 16.9. The van der Waals surface area contributed by atoms with E-state index in [1.54, 1.807) is 17.9 Å². The van der Waals surface area contributed by atoms with Gasteiger partial charge in [0.2, 0.25) is 5.91 Å². The molecule has 2 heterocycles. The van der Waals surface area contributed by atoms with Crippen LogP contribution in [0.2, 0.25) is 0 Å². The van der Waals surface area contributed by atoms with E-state index in [1.165, 1.54) is 11.3 Å². The van der Waals surface area contributed by atoms with Crippen molar-refractivity contribution in [3.63, 3.8) is 0 Å². The maximum atomic E-state index is 13.1. The van der Waals surface area contributed by atoms with Crippen molar-refractivity contribution < 1.29 is 9.59 Å². The molecule has 1 N–H and O–H groups in total. The quantitative estimate of drug-likeness (QED) is 0.939. The highest BCUT2D eigenvalue weighted by molar-refractivity contribution is 7.14. The number of hydrogen-bond acceptors (Lipinski definition) is 4. The third kappa shape index (κ3) is 2.74. The van der Waals surface area contributed by atoms with Gasteiger partial charge in [0, 0.05) is 0 Å². The Kier molecular flexibility index (Phi) is 4.17. The molecule has 0 unspecified atom stereocenters. The van der Waals surface area contributed by atoms with Crippen LogP contribution in [-0.2, 0) is 11.2 Å². The summed E-state index contributed by atoms with van der Waals surface area (Å²) in [7, 11) is 0. The van der Waals surface area contributed by atoms with Gasteiger partial charge in [-0.1, -0.05) is 19.1 Å². The molecule has 1 atom stereocenters. The Balaban J connectivity index is 2.03. The average molecular weight is 329 g/mol. The molecule has 0 radical (unpaired) electrons. The molecule has 2 aromatic rings. The molecule has 0 bridgehead atoms. The minimum Gasteiger partial charge on any atom is -0.322 e. The molecule has 0 fully saturated rings. The number of thiazole rings is 1. The van der Waals surface area contributed by atoms with Crippen molar-refractivity contribution in [2.24, 2.45) is 0 Å². The Morgan fingerprint density at radius 1 is 1.39 bits per heavy atom. The number of amides is 2. The third-order valence-corrected chi connectivity index (χ3v) is 5.11. The maximum Gasteiger partial charge on any atom is 0.271 e. The summed E-state index contributed by atoms with van der Waals surface area (Å²) in [4.78, 5) is 31.9. The molecular formula is C17H19N3O2S. The van der Waals surface area contributed by atoms with E-state index < -0.39 is 6.04 Å². The smallest absolute Gasteiger partial charge is 0.271 e. The average Bonchev–Trinajstić information content (AvgIpc) is 2.89. The van der Waals surface area contributed by atoms with Crippen molar-refractivity contribution in [2.75, 3.05) is 10.2 Å². The fourth-order valence-electron chi connectivity index (χ4n) is 2.72. The molecule has 0 saturated carbocycles. The van der Waals surface area contributed by atoms with Crippen LogP contribution in [0.25, 0.3) is 0 Å². The van der Waals surface area contributed by atoms with Crippen molar-refractivity contribution >= 4 is 34.5 Å². The molecule has 0 aliphatic carbocycles. The SMILES string of the molecule is CCCc1nc(C)c(C(=O)N2c3ccccc3NC(=O)[C@@H]2C)s1. The summed E-state index contributed by atoms with van der Waals surface area (Å²) in [6, 6.07) is 6.82. The summed E-state index contributed by atoms with van der Waals surface area (Å²) in [5.41, 5.74) is 2.13. The van der Waals surface area contributed by atoms with Gasteiger partial charge in [0.1, 0.15) is 10.9 Å². The first-order chi connectivity index (χ1) is 11.0. The molecule has 6 heteroatoms. The number of aryl methyl sites for hydroxylation is 2. The number of rotatable bonds is 3. The zero-order chi connectivity index (χ0) is 16.6. The minimum atomic E-state index is -0.548. The first-order valence-electron chi connectivity index (χ1n) is 7.72. The molecular weight excluding hydrogens is 310 g/mol. The number of fused-ring (bicyclic) bond motifs is 1. The van der Waals surface area contributed by atoms with E-state index in [0.29, 0.717) is 10.6 Å². The lowest BCUT2D eigenvalue weighted by atomic mass is 10.1. The monoisotopic (exact) mass is 329 g/mol. The standard InChI is InChI=1S/C17H19N3O2S/c1-4-7-14-18-10(2)15(23-14)17(22)20-11(3)16(21)19-12-8-5-6-9-13(12)20/h5-6,8-9,11H,4,7H2,1-3H3,(H,19,21)/t11-/m0/s1. The van der Waals surface area contributed by atoms with Crippen LogP contribution >= 0.6 is 11.3 Å². The second kappa shape index (κ2) is 6.12. The van der Waals surface area contributed by atoms with Gasteiger partial charge in [0.05, 0.1) is 22.1 Å². The number of carbonyl (C=O) groups is 2. The molecule has 1 aromatic carbocycles. The van der Waals surface area contributed by atoms with Gasteiger partial charge in [0.15, 0.2) is 0 Å². The van der Waals surface area contributed by atoms with Crippen molar-refractivity contribution in [3.05, 3.63) is 39.8 Å². The summed E-state index contributed by atoms with van der Waals surface area (Å²) < 4.78 is 0. The van der Waals surface area contributed by atoms with E-state index in [0.717, 1.165) is 29.2 Å². The number of benzene rings is 1. The number of nitrogens with zero attached hydrogens (tertiary/aromatic N) is 2. The van der Waals surface area contributed by atoms with Gasteiger partial charge >= 0.3 is 0 Å². The van der Waals surface area contributed by atoms with Crippen LogP contribution in [0.15, 0.2) is 24.3 Å². The highest BCUT2D eigenvalue weighted by Crippen LogP contribution is 2.34. The topological polar surface area (TPSA) is 62.3 Å². The molecule has 3 rings (SSSR count). The lowest BCUT2D eigenvalue weighted by Crippen LogP contribution is -2.49. The summed E-state index contributed by atoms with van der Waals surface area (Å²) in [5.74, 6) is -0.329. The van der Waals surface area contributed by atoms with E-state index in [-0.39, 0.29) is 11.8 Å². The van der Waals surface area contributed by atoms with Crippen LogP contribution in [0.3, 0.4) is 0 Å². The van der Waals surface area contributed by atoms with E-state index in [2.05, 4.69) is 17.2 Å². The predicted octanol–water partition coefficient (Wildman–Crippen LogP) is 3.39. The maximum absolute atomic E-state index is 13.1. The number of hydrogen-bond donors (Lipinski definition) is 1. The summed E-state index contributed by atoms with van der Waals surface area (Å²) in [6.07, 6.45) is 1.86. The largest absolute Gasteiger partial charge is 0.322 e. The first kappa shape index (κ1) is 15.7. The molecule has 23 heavy (non-hydrogen) atoms. The Hall–Kier alpha value is -2.21. The van der Waals surface area contributed by atoms with E-state index in [9.17, 15) is 9.59 Å². The zero-order valence-electron chi connectivity index (χ0n) is 13.4. The van der Waals surface area contributed by atoms with Crippen LogP contribution < -0.4 is 10.2 Å². The second-order valence-electron chi connectivity index (χ2n) is 5.63. The van der Waals surface area contributed by atoms with Crippen LogP contribution in [0.4, 0.5) is 11.4 Å². The van der Waals surface area contributed by atoms with Crippen LogP contribution in [-0.4, -0.2) is 22.8 Å². The fraction of sp³-hybridized carbons (Fsp3) is 0.353. The van der Waals surface area contributed by atoms with Crippen molar-refractivity contribution in [1.29, 1.82) is 0 Å². The van der Waals surface area contributed by atoms with Crippen molar-refractivity contribution in [3.8, 4) is 0 Å².